The number of hydrogen-bond donors (Lipinski definition) is 0. The zero-order chi connectivity index (χ0) is 15.4. The summed E-state index contributed by atoms with van der Waals surface area (Å²) in [5.41, 5.74) is 1.33. The molecule has 2 aromatic rings. The molecule has 0 saturated heterocycles. The number of carbonyl (C=O) groups excluding carboxylic acids is 2. The van der Waals surface area contributed by atoms with E-state index in [9.17, 15) is 9.59 Å². The normalized spacial score (nSPS) is 19.5. The van der Waals surface area contributed by atoms with Crippen molar-refractivity contribution in [3.63, 3.8) is 0 Å². The Balaban J connectivity index is 1.85. The summed E-state index contributed by atoms with van der Waals surface area (Å²) in [4.78, 5) is 28.1. The highest BCUT2D eigenvalue weighted by molar-refractivity contribution is 9.13. The maximum Gasteiger partial charge on any atom is 0.202 e. The first kappa shape index (κ1) is 14.8. The van der Waals surface area contributed by atoms with E-state index in [1.807, 2.05) is 30.3 Å². The number of allylic oxidation sites excluding steroid dienone is 2. The fraction of sp³-hybridized carbons (Fsp3) is 0. The molecule has 2 nitrogen and oxygen atoms in total. The third-order valence-corrected chi connectivity index (χ3v) is 8.26. The van der Waals surface area contributed by atoms with Gasteiger partial charge in [0.15, 0.2) is 0 Å². The van der Waals surface area contributed by atoms with Crippen LogP contribution in [-0.2, 0) is 0 Å². The van der Waals surface area contributed by atoms with Crippen molar-refractivity contribution in [3.8, 4) is 0 Å². The molecule has 0 aromatic heterocycles. The summed E-state index contributed by atoms with van der Waals surface area (Å²) in [6.07, 6.45) is 0. The standard InChI is InChI=1S/C16H6Br2O2S2/c17-9-6-5-8-13(20)16(22-14(8)11(9)18)15-12(19)7-3-1-2-4-10(7)21-15/h1-6H. The number of benzene rings is 2. The molecular weight excluding hydrogens is 448 g/mol. The van der Waals surface area contributed by atoms with E-state index in [1.165, 1.54) is 23.5 Å². The van der Waals surface area contributed by atoms with E-state index >= 15 is 0 Å². The van der Waals surface area contributed by atoms with Crippen molar-refractivity contribution in [2.75, 3.05) is 0 Å². The zero-order valence-corrected chi connectivity index (χ0v) is 15.7. The summed E-state index contributed by atoms with van der Waals surface area (Å²) in [7, 11) is 0. The summed E-state index contributed by atoms with van der Waals surface area (Å²) < 4.78 is 1.75. The quantitative estimate of drug-likeness (QED) is 0.479. The van der Waals surface area contributed by atoms with Gasteiger partial charge in [0.25, 0.3) is 0 Å². The van der Waals surface area contributed by atoms with E-state index in [0.717, 1.165) is 18.7 Å². The second-order valence-electron chi connectivity index (χ2n) is 4.75. The second-order valence-corrected chi connectivity index (χ2v) is 8.47. The van der Waals surface area contributed by atoms with Crippen LogP contribution < -0.4 is 0 Å². The number of halogens is 2. The highest BCUT2D eigenvalue weighted by Crippen LogP contribution is 2.52. The Kier molecular flexibility index (Phi) is 3.60. The maximum absolute atomic E-state index is 12.7. The van der Waals surface area contributed by atoms with Crippen LogP contribution in [0.2, 0.25) is 0 Å². The van der Waals surface area contributed by atoms with Gasteiger partial charge in [-0.2, -0.15) is 0 Å². The van der Waals surface area contributed by atoms with Gasteiger partial charge in [-0.05, 0) is 56.1 Å². The molecule has 0 radical (unpaired) electrons. The average Bonchev–Trinajstić information content (AvgIpc) is 3.02. The molecule has 0 N–H and O–H groups in total. The van der Waals surface area contributed by atoms with Gasteiger partial charge in [0, 0.05) is 29.9 Å². The number of thioether (sulfide) groups is 2. The van der Waals surface area contributed by atoms with Gasteiger partial charge >= 0.3 is 0 Å². The van der Waals surface area contributed by atoms with Crippen molar-refractivity contribution in [1.82, 2.24) is 0 Å². The lowest BCUT2D eigenvalue weighted by Gasteiger charge is -2.01. The second kappa shape index (κ2) is 5.37. The van der Waals surface area contributed by atoms with Crippen LogP contribution in [0.4, 0.5) is 0 Å². The minimum absolute atomic E-state index is 0.0561. The van der Waals surface area contributed by atoms with Crippen LogP contribution in [0.25, 0.3) is 0 Å². The molecule has 0 aliphatic carbocycles. The van der Waals surface area contributed by atoms with Gasteiger partial charge in [0.1, 0.15) is 0 Å². The number of carbonyl (C=O) groups is 2. The van der Waals surface area contributed by atoms with Crippen LogP contribution in [-0.4, -0.2) is 11.6 Å². The first-order valence-corrected chi connectivity index (χ1v) is 9.56. The van der Waals surface area contributed by atoms with E-state index in [2.05, 4.69) is 31.9 Å². The predicted octanol–water partition coefficient (Wildman–Crippen LogP) is 5.70. The van der Waals surface area contributed by atoms with Gasteiger partial charge in [-0.3, -0.25) is 9.59 Å². The Morgan fingerprint density at radius 1 is 0.773 bits per heavy atom. The molecule has 0 amide bonds. The Labute approximate surface area is 152 Å². The molecule has 2 aromatic carbocycles. The van der Waals surface area contributed by atoms with Crippen molar-refractivity contribution < 1.29 is 9.59 Å². The van der Waals surface area contributed by atoms with Crippen LogP contribution in [0.15, 0.2) is 64.9 Å². The molecule has 0 unspecified atom stereocenters. The van der Waals surface area contributed by atoms with Gasteiger partial charge < -0.3 is 0 Å². The van der Waals surface area contributed by atoms with Crippen molar-refractivity contribution in [2.45, 2.75) is 9.79 Å². The molecule has 0 saturated carbocycles. The van der Waals surface area contributed by atoms with Crippen molar-refractivity contribution in [1.29, 1.82) is 0 Å². The van der Waals surface area contributed by atoms with Gasteiger partial charge in [-0.15, -0.1) is 0 Å². The van der Waals surface area contributed by atoms with Gasteiger partial charge in [0.05, 0.1) is 9.81 Å². The van der Waals surface area contributed by atoms with E-state index in [-0.39, 0.29) is 11.6 Å². The monoisotopic (exact) mass is 452 g/mol. The molecular formula is C16H6Br2O2S2. The Morgan fingerprint density at radius 2 is 1.45 bits per heavy atom. The number of fused-ring (bicyclic) bond motifs is 2. The topological polar surface area (TPSA) is 34.1 Å². The molecule has 0 atom stereocenters. The molecule has 2 aliphatic heterocycles. The minimum atomic E-state index is -0.0724. The van der Waals surface area contributed by atoms with Gasteiger partial charge in [0.2, 0.25) is 11.6 Å². The molecule has 2 aliphatic rings. The first-order chi connectivity index (χ1) is 10.6. The molecule has 0 bridgehead atoms. The largest absolute Gasteiger partial charge is 0.288 e. The van der Waals surface area contributed by atoms with E-state index in [4.69, 9.17) is 0 Å². The maximum atomic E-state index is 12.7. The molecule has 0 spiro atoms. The van der Waals surface area contributed by atoms with Crippen molar-refractivity contribution in [3.05, 3.63) is 66.3 Å². The highest BCUT2D eigenvalue weighted by Gasteiger charge is 2.36. The van der Waals surface area contributed by atoms with Gasteiger partial charge in [-0.1, -0.05) is 35.7 Å². The Bertz CT molecular complexity index is 903. The molecule has 108 valence electrons. The van der Waals surface area contributed by atoms with E-state index in [1.54, 1.807) is 6.07 Å². The summed E-state index contributed by atoms with van der Waals surface area (Å²) >= 11 is 9.71. The molecule has 6 heteroatoms. The zero-order valence-electron chi connectivity index (χ0n) is 10.9. The lowest BCUT2D eigenvalue weighted by molar-refractivity contribution is 0.101. The Morgan fingerprint density at radius 3 is 2.23 bits per heavy atom. The number of ketones is 2. The highest BCUT2D eigenvalue weighted by atomic mass is 79.9. The Hall–Kier alpha value is -0.820. The average molecular weight is 454 g/mol. The fourth-order valence-electron chi connectivity index (χ4n) is 2.40. The van der Waals surface area contributed by atoms with E-state index < -0.39 is 0 Å². The number of hydrogen-bond acceptors (Lipinski definition) is 4. The molecule has 22 heavy (non-hydrogen) atoms. The van der Waals surface area contributed by atoms with Crippen LogP contribution >= 0.6 is 55.4 Å². The first-order valence-electron chi connectivity index (χ1n) is 6.34. The lowest BCUT2D eigenvalue weighted by atomic mass is 10.1. The van der Waals surface area contributed by atoms with Crippen molar-refractivity contribution in [2.24, 2.45) is 0 Å². The lowest BCUT2D eigenvalue weighted by Crippen LogP contribution is -2.01. The fourth-order valence-corrected chi connectivity index (χ4v) is 5.79. The number of Topliss-reactive ketones (excluding diaryl/α,β-unsaturated/α-hetero) is 2. The molecule has 4 rings (SSSR count). The predicted molar refractivity (Wildman–Crippen MR) is 95.7 cm³/mol. The summed E-state index contributed by atoms with van der Waals surface area (Å²) in [6, 6.07) is 11.1. The molecule has 2 heterocycles. The van der Waals surface area contributed by atoms with Crippen LogP contribution in [0.5, 0.6) is 0 Å². The number of rotatable bonds is 0. The summed E-state index contributed by atoms with van der Waals surface area (Å²) in [6.45, 7) is 0. The third-order valence-electron chi connectivity index (χ3n) is 3.46. The smallest absolute Gasteiger partial charge is 0.202 e. The molecule has 0 fully saturated rings. The van der Waals surface area contributed by atoms with Gasteiger partial charge in [-0.25, -0.2) is 0 Å². The third kappa shape index (κ3) is 2.08. The van der Waals surface area contributed by atoms with E-state index in [0.29, 0.717) is 20.9 Å². The summed E-state index contributed by atoms with van der Waals surface area (Å²) in [5, 5.41) is 0. The van der Waals surface area contributed by atoms with Crippen LogP contribution in [0.3, 0.4) is 0 Å². The SMILES string of the molecule is O=C1C(=C2Sc3c(ccc(Br)c3Br)C2=O)Sc2ccccc21. The minimum Gasteiger partial charge on any atom is -0.288 e. The summed E-state index contributed by atoms with van der Waals surface area (Å²) in [5.74, 6) is -0.128. The van der Waals surface area contributed by atoms with Crippen LogP contribution in [0, 0.1) is 0 Å². The van der Waals surface area contributed by atoms with Crippen molar-refractivity contribution >= 4 is 67.0 Å². The van der Waals surface area contributed by atoms with Crippen LogP contribution in [0.1, 0.15) is 20.7 Å².